The fourth-order valence-electron chi connectivity index (χ4n) is 4.03. The molecule has 2 N–H and O–H groups in total. The lowest BCUT2D eigenvalue weighted by atomic mass is 10.2. The third-order valence-corrected chi connectivity index (χ3v) is 5.46. The van der Waals surface area contributed by atoms with Gasteiger partial charge in [0.15, 0.2) is 5.82 Å². The highest BCUT2D eigenvalue weighted by molar-refractivity contribution is 6.92. The second-order valence-electron chi connectivity index (χ2n) is 7.03. The first kappa shape index (κ1) is 23.4. The van der Waals surface area contributed by atoms with E-state index in [9.17, 15) is 0 Å². The number of rotatable bonds is 5. The van der Waals surface area contributed by atoms with Gasteiger partial charge in [0, 0.05) is 30.4 Å². The van der Waals surface area contributed by atoms with Crippen molar-refractivity contribution in [2.45, 2.75) is 52.6 Å². The van der Waals surface area contributed by atoms with Gasteiger partial charge in [0.25, 0.3) is 0 Å². The summed E-state index contributed by atoms with van der Waals surface area (Å²) in [4.78, 5) is 14.5. The van der Waals surface area contributed by atoms with Crippen LogP contribution in [-0.2, 0) is 4.74 Å². The predicted molar refractivity (Wildman–Crippen MR) is 128 cm³/mol. The van der Waals surface area contributed by atoms with Gasteiger partial charge in [-0.3, -0.25) is 0 Å². The van der Waals surface area contributed by atoms with Gasteiger partial charge in [0.2, 0.25) is 0 Å². The van der Waals surface area contributed by atoms with Gasteiger partial charge >= 0.3 is 0 Å². The summed E-state index contributed by atoms with van der Waals surface area (Å²) in [5.74, 6) is 2.76. The van der Waals surface area contributed by atoms with Gasteiger partial charge in [-0.25, -0.2) is 9.97 Å². The molecule has 2 bridgehead atoms. The Kier molecular flexibility index (Phi) is 8.66. The summed E-state index contributed by atoms with van der Waals surface area (Å²) < 4.78 is 5.75. The quantitative estimate of drug-likeness (QED) is 0.585. The summed E-state index contributed by atoms with van der Waals surface area (Å²) >= 11 is 0. The molecule has 160 valence electrons. The molecule has 1 aromatic heterocycles. The molecule has 0 saturated carbocycles. The van der Waals surface area contributed by atoms with Crippen molar-refractivity contribution in [2.75, 3.05) is 41.8 Å². The molecular weight excluding hydrogens is 381 g/mol. The van der Waals surface area contributed by atoms with Crippen LogP contribution in [0, 0.1) is 0 Å². The lowest BCUT2D eigenvalue weighted by Crippen LogP contribution is -2.46. The van der Waals surface area contributed by atoms with Gasteiger partial charge in [-0.05, 0) is 51.0 Å². The predicted octanol–water partition coefficient (Wildman–Crippen LogP) is 4.02. The summed E-state index contributed by atoms with van der Waals surface area (Å²) in [6.07, 6.45) is 2.35. The Morgan fingerprint density at radius 2 is 1.62 bits per heavy atom. The second-order valence-corrected chi connectivity index (χ2v) is 7.03. The topological polar surface area (TPSA) is 67.5 Å². The van der Waals surface area contributed by atoms with Crippen LogP contribution in [0.2, 0.25) is 0 Å². The molecule has 2 aromatic rings. The highest BCUT2D eigenvalue weighted by Crippen LogP contribution is 2.35. The zero-order valence-corrected chi connectivity index (χ0v) is 19.7. The van der Waals surface area contributed by atoms with E-state index in [1.165, 1.54) is 12.8 Å². The molecule has 3 atom stereocenters. The van der Waals surface area contributed by atoms with Crippen LogP contribution in [0.1, 0.15) is 40.5 Å². The Bertz CT molecular complexity index is 750. The molecule has 0 radical (unpaired) electrons. The van der Waals surface area contributed by atoms with Gasteiger partial charge in [-0.2, -0.15) is 9.90 Å². The molecule has 7 heteroatoms. The van der Waals surface area contributed by atoms with E-state index in [0.29, 0.717) is 12.1 Å². The molecule has 2 fully saturated rings. The Morgan fingerprint density at radius 1 is 1.03 bits per heavy atom. The molecule has 3 heterocycles. The number of hydrogen-bond acceptors (Lipinski definition) is 6. The van der Waals surface area contributed by atoms with Gasteiger partial charge in [-0.15, -0.1) is 0 Å². The normalized spacial score (nSPS) is 19.8. The van der Waals surface area contributed by atoms with Crippen LogP contribution in [0.5, 0.6) is 0 Å². The third kappa shape index (κ3) is 4.99. The molecule has 2 aliphatic rings. The van der Waals surface area contributed by atoms with Gasteiger partial charge < -0.3 is 20.3 Å². The van der Waals surface area contributed by atoms with Gasteiger partial charge in [-0.1, -0.05) is 13.8 Å². The van der Waals surface area contributed by atoms with Crippen LogP contribution in [0.4, 0.5) is 17.3 Å². The zero-order chi connectivity index (χ0) is 20.1. The zero-order valence-electron chi connectivity index (χ0n) is 18.3. The highest BCUT2D eigenvalue weighted by atomic mass is 31.0. The molecule has 2 aliphatic heterocycles. The maximum absolute atomic E-state index is 5.85. The van der Waals surface area contributed by atoms with Crippen molar-refractivity contribution in [1.29, 1.82) is 0 Å². The lowest BCUT2D eigenvalue weighted by Gasteiger charge is -2.36. The van der Waals surface area contributed by atoms with Crippen molar-refractivity contribution in [3.05, 3.63) is 30.3 Å². The number of ether oxygens (including phenoxy) is 1. The van der Waals surface area contributed by atoms with Crippen molar-refractivity contribution in [1.82, 2.24) is 9.97 Å². The number of nitrogens with two attached hydrogens (primary N) is 1. The molecule has 6 nitrogen and oxygen atoms in total. The van der Waals surface area contributed by atoms with Crippen LogP contribution < -0.4 is 15.5 Å². The van der Waals surface area contributed by atoms with E-state index in [0.717, 1.165) is 55.0 Å². The van der Waals surface area contributed by atoms with E-state index in [1.807, 2.05) is 38.1 Å². The SMILES string of the molecule is CC.CCN(CC)c1cc(N2C3CCC2COC3)nc(-c2ccc(N)cc2)n1.P. The standard InChI is InChI=1S/C20H27N5O.C2H6.H3P/c1-3-24(4-2)18-11-19(25-16-9-10-17(25)13-26-12-16)23-20(22-18)14-5-7-15(21)8-6-14;1-2;/h5-8,11,16-17H,3-4,9-10,12-13,21H2,1-2H3;1-2H3;1H3. The minimum absolute atomic E-state index is 0. The summed E-state index contributed by atoms with van der Waals surface area (Å²) in [7, 11) is 0. The number of fused-ring (bicyclic) bond motifs is 2. The first-order valence-electron chi connectivity index (χ1n) is 10.6. The summed E-state index contributed by atoms with van der Waals surface area (Å²) in [5.41, 5.74) is 7.59. The average molecular weight is 418 g/mol. The highest BCUT2D eigenvalue weighted by Gasteiger charge is 2.38. The molecule has 0 aliphatic carbocycles. The van der Waals surface area contributed by atoms with Crippen molar-refractivity contribution in [3.63, 3.8) is 0 Å². The maximum Gasteiger partial charge on any atom is 0.163 e. The van der Waals surface area contributed by atoms with Gasteiger partial charge in [0.05, 0.1) is 25.3 Å². The molecule has 1 aromatic carbocycles. The average Bonchev–Trinajstić information content (AvgIpc) is 2.99. The monoisotopic (exact) mass is 417 g/mol. The molecule has 2 saturated heterocycles. The smallest absolute Gasteiger partial charge is 0.163 e. The second kappa shape index (κ2) is 10.7. The minimum Gasteiger partial charge on any atom is -0.399 e. The minimum atomic E-state index is 0. The summed E-state index contributed by atoms with van der Waals surface area (Å²) in [6.45, 7) is 11.7. The first-order valence-corrected chi connectivity index (χ1v) is 10.6. The third-order valence-electron chi connectivity index (χ3n) is 5.46. The Morgan fingerprint density at radius 3 is 2.17 bits per heavy atom. The van der Waals surface area contributed by atoms with Crippen molar-refractivity contribution >= 4 is 27.2 Å². The summed E-state index contributed by atoms with van der Waals surface area (Å²) in [6, 6.07) is 10.8. The number of nitrogen functional groups attached to an aromatic ring is 1. The first-order chi connectivity index (χ1) is 13.7. The van der Waals surface area contributed by atoms with Crippen LogP contribution in [0.3, 0.4) is 0 Å². The molecule has 0 amide bonds. The molecule has 4 rings (SSSR count). The molecule has 3 unspecified atom stereocenters. The fourth-order valence-corrected chi connectivity index (χ4v) is 4.03. The van der Waals surface area contributed by atoms with E-state index < -0.39 is 0 Å². The number of hydrogen-bond donors (Lipinski definition) is 1. The number of aromatic nitrogens is 2. The van der Waals surface area contributed by atoms with Crippen molar-refractivity contribution in [2.24, 2.45) is 0 Å². The number of anilines is 3. The Balaban J connectivity index is 0.000000970. The van der Waals surface area contributed by atoms with E-state index in [4.69, 9.17) is 20.4 Å². The fraction of sp³-hybridized carbons (Fsp3) is 0.545. The van der Waals surface area contributed by atoms with Crippen LogP contribution in [-0.4, -0.2) is 48.4 Å². The van der Waals surface area contributed by atoms with Crippen molar-refractivity contribution in [3.8, 4) is 11.4 Å². The maximum atomic E-state index is 5.85. The summed E-state index contributed by atoms with van der Waals surface area (Å²) in [5, 5.41) is 0. The van der Waals surface area contributed by atoms with E-state index in [2.05, 4.69) is 29.7 Å². The Hall–Kier alpha value is -1.91. The van der Waals surface area contributed by atoms with E-state index in [1.54, 1.807) is 0 Å². The largest absolute Gasteiger partial charge is 0.399 e. The number of nitrogens with zero attached hydrogens (tertiary/aromatic N) is 4. The Labute approximate surface area is 178 Å². The molecule has 0 spiro atoms. The number of morpholine rings is 1. The molecular formula is C22H36N5OP. The van der Waals surface area contributed by atoms with Crippen LogP contribution in [0.15, 0.2) is 30.3 Å². The molecule has 29 heavy (non-hydrogen) atoms. The van der Waals surface area contributed by atoms with Crippen molar-refractivity contribution < 1.29 is 4.74 Å². The lowest BCUT2D eigenvalue weighted by molar-refractivity contribution is 0.0902. The van der Waals surface area contributed by atoms with Crippen LogP contribution >= 0.6 is 9.90 Å². The van der Waals surface area contributed by atoms with E-state index in [-0.39, 0.29) is 9.90 Å². The van der Waals surface area contributed by atoms with Crippen LogP contribution in [0.25, 0.3) is 11.4 Å². The number of benzene rings is 1. The van der Waals surface area contributed by atoms with Gasteiger partial charge in [0.1, 0.15) is 11.6 Å². The van der Waals surface area contributed by atoms with E-state index >= 15 is 0 Å².